The highest BCUT2D eigenvalue weighted by Crippen LogP contribution is 2.22. The Balaban J connectivity index is 2.30. The monoisotopic (exact) mass is 243 g/mol. The first kappa shape index (κ1) is 13.6. The molecule has 3 nitrogen and oxygen atoms in total. The van der Waals surface area contributed by atoms with Gasteiger partial charge in [-0.1, -0.05) is 0 Å². The molecular weight excluding hydrogens is 222 g/mol. The predicted molar refractivity (Wildman–Crippen MR) is 68.0 cm³/mol. The van der Waals surface area contributed by atoms with E-state index in [1.165, 1.54) is 15.3 Å². The third-order valence-electron chi connectivity index (χ3n) is 2.26. The molecule has 92 valence electrons. The van der Waals surface area contributed by atoms with Gasteiger partial charge >= 0.3 is 0 Å². The minimum atomic E-state index is 0.671. The van der Waals surface area contributed by atoms with E-state index in [9.17, 15) is 0 Å². The molecule has 4 heteroatoms. The zero-order chi connectivity index (χ0) is 11.8. The van der Waals surface area contributed by atoms with Crippen LogP contribution in [0, 0.1) is 6.92 Å². The van der Waals surface area contributed by atoms with Crippen LogP contribution in [0.4, 0.5) is 0 Å². The normalized spacial score (nSPS) is 10.9. The van der Waals surface area contributed by atoms with Gasteiger partial charge in [0.2, 0.25) is 0 Å². The second-order valence-corrected chi connectivity index (χ2v) is 4.91. The van der Waals surface area contributed by atoms with E-state index in [-0.39, 0.29) is 0 Å². The molecule has 0 amide bonds. The van der Waals surface area contributed by atoms with Gasteiger partial charge in [-0.25, -0.2) is 0 Å². The fraction of sp³-hybridized carbons (Fsp3) is 0.667. The summed E-state index contributed by atoms with van der Waals surface area (Å²) in [6.07, 6.45) is 0. The minimum absolute atomic E-state index is 0.671. The summed E-state index contributed by atoms with van der Waals surface area (Å²) in [5, 5.41) is 3.16. The van der Waals surface area contributed by atoms with Crippen molar-refractivity contribution >= 4 is 11.3 Å². The molecule has 0 spiro atoms. The lowest BCUT2D eigenvalue weighted by Gasteiger charge is -2.03. The van der Waals surface area contributed by atoms with E-state index in [1.807, 2.05) is 25.3 Å². The maximum atomic E-state index is 5.56. The highest BCUT2D eigenvalue weighted by atomic mass is 32.1. The van der Waals surface area contributed by atoms with E-state index in [2.05, 4.69) is 18.3 Å². The lowest BCUT2D eigenvalue weighted by molar-refractivity contribution is 0.0452. The van der Waals surface area contributed by atoms with Crippen LogP contribution >= 0.6 is 11.3 Å². The van der Waals surface area contributed by atoms with E-state index in [4.69, 9.17) is 9.47 Å². The topological polar surface area (TPSA) is 30.5 Å². The van der Waals surface area contributed by atoms with Crippen molar-refractivity contribution in [2.45, 2.75) is 27.0 Å². The molecule has 0 aliphatic rings. The zero-order valence-corrected chi connectivity index (χ0v) is 11.2. The summed E-state index contributed by atoms with van der Waals surface area (Å²) in [6.45, 7) is 7.88. The van der Waals surface area contributed by atoms with Crippen LogP contribution in [0.3, 0.4) is 0 Å². The number of hydrogen-bond acceptors (Lipinski definition) is 4. The fourth-order valence-corrected chi connectivity index (χ4v) is 2.50. The SMILES string of the molecule is CCOCCOCc1cc(CNC)sc1C. The first-order chi connectivity index (χ1) is 7.77. The Hall–Kier alpha value is -0.420. The van der Waals surface area contributed by atoms with Gasteiger partial charge < -0.3 is 14.8 Å². The highest BCUT2D eigenvalue weighted by Gasteiger charge is 2.04. The summed E-state index contributed by atoms with van der Waals surface area (Å²) >= 11 is 1.83. The van der Waals surface area contributed by atoms with Crippen LogP contribution in [0.15, 0.2) is 6.07 Å². The molecule has 16 heavy (non-hydrogen) atoms. The molecule has 0 saturated carbocycles. The standard InChI is InChI=1S/C12H21NO2S/c1-4-14-5-6-15-9-11-7-12(8-13-3)16-10(11)2/h7,13H,4-6,8-9H2,1-3H3. The highest BCUT2D eigenvalue weighted by molar-refractivity contribution is 7.12. The fourth-order valence-electron chi connectivity index (χ4n) is 1.44. The molecule has 0 fully saturated rings. The molecule has 0 atom stereocenters. The van der Waals surface area contributed by atoms with Crippen LogP contribution in [0.2, 0.25) is 0 Å². The first-order valence-electron chi connectivity index (χ1n) is 5.66. The molecule has 1 aromatic heterocycles. The number of hydrogen-bond donors (Lipinski definition) is 1. The third kappa shape index (κ3) is 4.61. The lowest BCUT2D eigenvalue weighted by Crippen LogP contribution is -2.04. The van der Waals surface area contributed by atoms with E-state index in [0.29, 0.717) is 19.8 Å². The van der Waals surface area contributed by atoms with Crippen molar-refractivity contribution in [3.8, 4) is 0 Å². The first-order valence-corrected chi connectivity index (χ1v) is 6.47. The zero-order valence-electron chi connectivity index (χ0n) is 10.3. The van der Waals surface area contributed by atoms with Gasteiger partial charge in [-0.15, -0.1) is 11.3 Å². The summed E-state index contributed by atoms with van der Waals surface area (Å²) in [7, 11) is 1.97. The number of ether oxygens (including phenoxy) is 2. The van der Waals surface area contributed by atoms with Crippen molar-refractivity contribution in [1.82, 2.24) is 5.32 Å². The number of thiophene rings is 1. The van der Waals surface area contributed by atoms with Gasteiger partial charge in [-0.3, -0.25) is 0 Å². The molecule has 0 unspecified atom stereocenters. The molecule has 0 bridgehead atoms. The van der Waals surface area contributed by atoms with Gasteiger partial charge in [0.05, 0.1) is 19.8 Å². The van der Waals surface area contributed by atoms with Crippen LogP contribution in [-0.4, -0.2) is 26.9 Å². The summed E-state index contributed by atoms with van der Waals surface area (Å²) in [5.41, 5.74) is 1.30. The molecule has 1 N–H and O–H groups in total. The van der Waals surface area contributed by atoms with Gasteiger partial charge in [0.1, 0.15) is 0 Å². The van der Waals surface area contributed by atoms with Crippen LogP contribution in [-0.2, 0) is 22.6 Å². The molecule has 0 saturated heterocycles. The Morgan fingerprint density at radius 1 is 1.31 bits per heavy atom. The molecule has 1 aromatic rings. The molecule has 0 aliphatic carbocycles. The molecular formula is C12H21NO2S. The summed E-state index contributed by atoms with van der Waals surface area (Å²) in [4.78, 5) is 2.71. The Morgan fingerprint density at radius 3 is 2.75 bits per heavy atom. The van der Waals surface area contributed by atoms with Crippen molar-refractivity contribution in [3.63, 3.8) is 0 Å². The van der Waals surface area contributed by atoms with Crippen molar-refractivity contribution < 1.29 is 9.47 Å². The van der Waals surface area contributed by atoms with Crippen LogP contribution in [0.1, 0.15) is 22.2 Å². The Bertz CT molecular complexity index is 299. The van der Waals surface area contributed by atoms with Crippen molar-refractivity contribution in [3.05, 3.63) is 21.4 Å². The average Bonchev–Trinajstić information content (AvgIpc) is 2.60. The summed E-state index contributed by atoms with van der Waals surface area (Å²) < 4.78 is 10.8. The quantitative estimate of drug-likeness (QED) is 0.711. The number of rotatable bonds is 8. The van der Waals surface area contributed by atoms with E-state index >= 15 is 0 Å². The van der Waals surface area contributed by atoms with Gasteiger partial charge in [-0.05, 0) is 32.5 Å². The summed E-state index contributed by atoms with van der Waals surface area (Å²) in [6, 6.07) is 2.22. The van der Waals surface area contributed by atoms with E-state index < -0.39 is 0 Å². The average molecular weight is 243 g/mol. The van der Waals surface area contributed by atoms with Crippen molar-refractivity contribution in [1.29, 1.82) is 0 Å². The Morgan fingerprint density at radius 2 is 2.06 bits per heavy atom. The van der Waals surface area contributed by atoms with Crippen LogP contribution in [0.25, 0.3) is 0 Å². The Kier molecular flexibility index (Phi) is 6.64. The van der Waals surface area contributed by atoms with Gasteiger partial charge in [0.25, 0.3) is 0 Å². The Labute approximate surface area is 102 Å². The smallest absolute Gasteiger partial charge is 0.0728 e. The molecule has 0 radical (unpaired) electrons. The molecule has 0 aliphatic heterocycles. The number of aryl methyl sites for hydroxylation is 1. The van der Waals surface area contributed by atoms with E-state index in [1.54, 1.807) is 0 Å². The second-order valence-electron chi connectivity index (χ2n) is 3.57. The van der Waals surface area contributed by atoms with Crippen LogP contribution < -0.4 is 5.32 Å². The molecule has 0 aromatic carbocycles. The maximum absolute atomic E-state index is 5.56. The van der Waals surface area contributed by atoms with E-state index in [0.717, 1.165) is 13.2 Å². The third-order valence-corrected chi connectivity index (χ3v) is 3.35. The van der Waals surface area contributed by atoms with Gasteiger partial charge in [-0.2, -0.15) is 0 Å². The van der Waals surface area contributed by atoms with Gasteiger partial charge in [0, 0.05) is 22.9 Å². The predicted octanol–water partition coefficient (Wildman–Crippen LogP) is 2.33. The maximum Gasteiger partial charge on any atom is 0.0728 e. The molecule has 1 heterocycles. The van der Waals surface area contributed by atoms with Gasteiger partial charge in [0.15, 0.2) is 0 Å². The lowest BCUT2D eigenvalue weighted by atomic mass is 10.2. The summed E-state index contributed by atoms with van der Waals surface area (Å²) in [5.74, 6) is 0. The van der Waals surface area contributed by atoms with Crippen LogP contribution in [0.5, 0.6) is 0 Å². The minimum Gasteiger partial charge on any atom is -0.379 e. The number of nitrogens with one attached hydrogen (secondary N) is 1. The molecule has 1 rings (SSSR count). The van der Waals surface area contributed by atoms with Crippen molar-refractivity contribution in [2.24, 2.45) is 0 Å². The second kappa shape index (κ2) is 7.79. The largest absolute Gasteiger partial charge is 0.379 e. The van der Waals surface area contributed by atoms with Crippen molar-refractivity contribution in [2.75, 3.05) is 26.9 Å².